The maximum atomic E-state index is 10.4. The van der Waals surface area contributed by atoms with Crippen molar-refractivity contribution >= 4 is 23.3 Å². The van der Waals surface area contributed by atoms with Gasteiger partial charge in [0, 0.05) is 29.9 Å². The van der Waals surface area contributed by atoms with Crippen molar-refractivity contribution in [2.45, 2.75) is 50.0 Å². The van der Waals surface area contributed by atoms with E-state index in [4.69, 9.17) is 4.74 Å². The van der Waals surface area contributed by atoms with Crippen molar-refractivity contribution in [2.24, 2.45) is 0 Å². The van der Waals surface area contributed by atoms with Crippen LogP contribution in [0.3, 0.4) is 0 Å². The van der Waals surface area contributed by atoms with Gasteiger partial charge in [0.25, 0.3) is 0 Å². The molecule has 140 valence electrons. The van der Waals surface area contributed by atoms with E-state index in [0.29, 0.717) is 5.75 Å². The number of fused-ring (bicyclic) bond motifs is 1. The molecule has 0 bridgehead atoms. The molecule has 3 rings (SSSR count). The molecule has 1 aliphatic rings. The molecule has 1 heterocycles. The molecule has 2 aromatic carbocycles. The molecule has 1 aliphatic heterocycles. The predicted octanol–water partition coefficient (Wildman–Crippen LogP) is 5.49. The van der Waals surface area contributed by atoms with Gasteiger partial charge in [-0.2, -0.15) is 0 Å². The second kappa shape index (κ2) is 8.23. The van der Waals surface area contributed by atoms with Crippen molar-refractivity contribution in [3.63, 3.8) is 0 Å². The SMILES string of the molecule is CCCC[C@@]1(CC)CN(c2ccccc2)c2cc(O)c(OC)cc2SN1. The largest absolute Gasteiger partial charge is 0.504 e. The smallest absolute Gasteiger partial charge is 0.161 e. The van der Waals surface area contributed by atoms with Crippen molar-refractivity contribution in [2.75, 3.05) is 18.6 Å². The van der Waals surface area contributed by atoms with Crippen LogP contribution in [0.5, 0.6) is 11.5 Å². The highest BCUT2D eigenvalue weighted by Gasteiger charge is 2.35. The Hall–Kier alpha value is -1.85. The molecule has 1 atom stereocenters. The summed E-state index contributed by atoms with van der Waals surface area (Å²) < 4.78 is 9.07. The van der Waals surface area contributed by atoms with E-state index in [1.165, 1.54) is 12.8 Å². The first-order chi connectivity index (χ1) is 12.6. The summed E-state index contributed by atoms with van der Waals surface area (Å²) in [6, 6.07) is 14.1. The minimum Gasteiger partial charge on any atom is -0.504 e. The van der Waals surface area contributed by atoms with E-state index in [1.54, 1.807) is 19.1 Å². The summed E-state index contributed by atoms with van der Waals surface area (Å²) in [5.74, 6) is 0.675. The molecule has 26 heavy (non-hydrogen) atoms. The Morgan fingerprint density at radius 2 is 2.00 bits per heavy atom. The van der Waals surface area contributed by atoms with Crippen LogP contribution in [0.15, 0.2) is 47.4 Å². The molecule has 0 saturated heterocycles. The van der Waals surface area contributed by atoms with Crippen LogP contribution in [0.2, 0.25) is 0 Å². The molecular weight excluding hydrogens is 344 g/mol. The zero-order valence-corrected chi connectivity index (χ0v) is 16.6. The first kappa shape index (κ1) is 18.9. The Morgan fingerprint density at radius 1 is 1.23 bits per heavy atom. The number of benzene rings is 2. The molecule has 2 N–H and O–H groups in total. The molecule has 0 amide bonds. The van der Waals surface area contributed by atoms with E-state index < -0.39 is 0 Å². The Labute approximate surface area is 160 Å². The van der Waals surface area contributed by atoms with E-state index in [9.17, 15) is 5.11 Å². The van der Waals surface area contributed by atoms with Gasteiger partial charge < -0.3 is 14.7 Å². The minimum atomic E-state index is 0.0123. The molecule has 0 spiro atoms. The highest BCUT2D eigenvalue weighted by atomic mass is 32.2. The third-order valence-corrected chi connectivity index (χ3v) is 6.23. The lowest BCUT2D eigenvalue weighted by Crippen LogP contribution is -2.48. The summed E-state index contributed by atoms with van der Waals surface area (Å²) in [6.45, 7) is 5.35. The minimum absolute atomic E-state index is 0.0123. The Balaban J connectivity index is 2.09. The fourth-order valence-electron chi connectivity index (χ4n) is 3.42. The van der Waals surface area contributed by atoms with E-state index in [1.807, 2.05) is 18.2 Å². The zero-order valence-electron chi connectivity index (χ0n) is 15.8. The van der Waals surface area contributed by atoms with Gasteiger partial charge in [0.15, 0.2) is 11.5 Å². The molecule has 0 saturated carbocycles. The normalized spacial score (nSPS) is 19.7. The van der Waals surface area contributed by atoms with Crippen molar-refractivity contribution in [3.8, 4) is 11.5 Å². The maximum absolute atomic E-state index is 10.4. The summed E-state index contributed by atoms with van der Waals surface area (Å²) in [6.07, 6.45) is 4.53. The number of hydrogen-bond acceptors (Lipinski definition) is 5. The van der Waals surface area contributed by atoms with Gasteiger partial charge >= 0.3 is 0 Å². The van der Waals surface area contributed by atoms with E-state index >= 15 is 0 Å². The average Bonchev–Trinajstić information content (AvgIpc) is 2.84. The van der Waals surface area contributed by atoms with E-state index in [2.05, 4.69) is 47.7 Å². The van der Waals surface area contributed by atoms with Gasteiger partial charge in [-0.3, -0.25) is 4.72 Å². The van der Waals surface area contributed by atoms with E-state index in [0.717, 1.165) is 35.7 Å². The lowest BCUT2D eigenvalue weighted by atomic mass is 9.89. The van der Waals surface area contributed by atoms with Gasteiger partial charge in [0.2, 0.25) is 0 Å². The van der Waals surface area contributed by atoms with Crippen molar-refractivity contribution in [1.29, 1.82) is 0 Å². The fraction of sp³-hybridized carbons (Fsp3) is 0.429. The Bertz CT molecular complexity index is 738. The van der Waals surface area contributed by atoms with Gasteiger partial charge in [-0.15, -0.1) is 0 Å². The predicted molar refractivity (Wildman–Crippen MR) is 110 cm³/mol. The van der Waals surface area contributed by atoms with Crippen LogP contribution in [0.4, 0.5) is 11.4 Å². The lowest BCUT2D eigenvalue weighted by molar-refractivity contribution is 0.351. The number of nitrogens with zero attached hydrogens (tertiary/aromatic N) is 1. The number of phenolic OH excluding ortho intramolecular Hbond substituents is 1. The number of nitrogens with one attached hydrogen (secondary N) is 1. The molecule has 4 nitrogen and oxygen atoms in total. The quantitative estimate of drug-likeness (QED) is 0.657. The highest BCUT2D eigenvalue weighted by molar-refractivity contribution is 7.97. The number of aromatic hydroxyl groups is 1. The van der Waals surface area contributed by atoms with Crippen LogP contribution in [-0.2, 0) is 0 Å². The second-order valence-corrected chi connectivity index (χ2v) is 7.70. The summed E-state index contributed by atoms with van der Waals surface area (Å²) in [5.41, 5.74) is 2.16. The number of phenols is 1. The van der Waals surface area contributed by atoms with Gasteiger partial charge in [-0.1, -0.05) is 44.9 Å². The zero-order chi connectivity index (χ0) is 18.6. The van der Waals surface area contributed by atoms with Crippen LogP contribution >= 0.6 is 11.9 Å². The maximum Gasteiger partial charge on any atom is 0.161 e. The van der Waals surface area contributed by atoms with Gasteiger partial charge in [0.1, 0.15) is 0 Å². The number of unbranched alkanes of at least 4 members (excludes halogenated alkanes) is 1. The number of para-hydroxylation sites is 1. The van der Waals surface area contributed by atoms with Crippen molar-refractivity contribution < 1.29 is 9.84 Å². The summed E-state index contributed by atoms with van der Waals surface area (Å²) in [4.78, 5) is 3.39. The lowest BCUT2D eigenvalue weighted by Gasteiger charge is -2.37. The van der Waals surface area contributed by atoms with Crippen molar-refractivity contribution in [1.82, 2.24) is 4.72 Å². The van der Waals surface area contributed by atoms with E-state index in [-0.39, 0.29) is 11.3 Å². The first-order valence-electron chi connectivity index (χ1n) is 9.30. The number of hydrogen-bond donors (Lipinski definition) is 2. The molecule has 0 aromatic heterocycles. The third-order valence-electron chi connectivity index (χ3n) is 5.14. The molecule has 0 fully saturated rings. The first-order valence-corrected chi connectivity index (χ1v) is 10.1. The highest BCUT2D eigenvalue weighted by Crippen LogP contribution is 2.45. The van der Waals surface area contributed by atoms with Crippen LogP contribution in [0.25, 0.3) is 0 Å². The average molecular weight is 373 g/mol. The van der Waals surface area contributed by atoms with Gasteiger partial charge in [-0.05, 0) is 36.9 Å². The van der Waals surface area contributed by atoms with Gasteiger partial charge in [0.05, 0.1) is 17.7 Å². The molecule has 5 heteroatoms. The summed E-state index contributed by atoms with van der Waals surface area (Å²) in [5, 5.41) is 10.4. The number of rotatable bonds is 6. The number of anilines is 2. The Morgan fingerprint density at radius 3 is 2.65 bits per heavy atom. The number of methoxy groups -OCH3 is 1. The monoisotopic (exact) mass is 372 g/mol. The number of ether oxygens (including phenoxy) is 1. The van der Waals surface area contributed by atoms with Gasteiger partial charge in [-0.25, -0.2) is 0 Å². The molecule has 0 radical (unpaired) electrons. The second-order valence-electron chi connectivity index (χ2n) is 6.86. The summed E-state index contributed by atoms with van der Waals surface area (Å²) in [7, 11) is 1.59. The van der Waals surface area contributed by atoms with Crippen molar-refractivity contribution in [3.05, 3.63) is 42.5 Å². The Kier molecular flexibility index (Phi) is 5.99. The third kappa shape index (κ3) is 3.79. The topological polar surface area (TPSA) is 44.7 Å². The molecule has 0 aliphatic carbocycles. The van der Waals surface area contributed by atoms with Crippen LogP contribution < -0.4 is 14.4 Å². The summed E-state index contributed by atoms with van der Waals surface area (Å²) >= 11 is 1.65. The van der Waals surface area contributed by atoms with Crippen LogP contribution in [0.1, 0.15) is 39.5 Å². The van der Waals surface area contributed by atoms with Crippen LogP contribution in [-0.4, -0.2) is 24.3 Å². The molecular formula is C21H28N2O2S. The fourth-order valence-corrected chi connectivity index (χ4v) is 4.50. The molecule has 0 unspecified atom stereocenters. The van der Waals surface area contributed by atoms with Crippen LogP contribution in [0, 0.1) is 0 Å². The molecule has 2 aromatic rings. The standard InChI is InChI=1S/C21H28N2O2S/c1-4-6-12-21(5-2)15-23(16-10-8-7-9-11-16)17-13-18(24)19(25-3)14-20(17)26-22-21/h7-11,13-14,22,24H,4-6,12,15H2,1-3H3/t21-/m0/s1.